The minimum Gasteiger partial charge on any atom is -0.460 e. The fourth-order valence-corrected chi connectivity index (χ4v) is 2.17. The van der Waals surface area contributed by atoms with Crippen LogP contribution < -0.4 is 0 Å². The summed E-state index contributed by atoms with van der Waals surface area (Å²) in [5.74, 6) is -0.229. The monoisotopic (exact) mass is 435 g/mol. The highest BCUT2D eigenvalue weighted by molar-refractivity contribution is 5.69. The summed E-state index contributed by atoms with van der Waals surface area (Å²) in [6, 6.07) is 0. The lowest BCUT2D eigenvalue weighted by Gasteiger charge is -2.27. The molecular formula is C21H41NO8. The van der Waals surface area contributed by atoms with E-state index in [1.807, 2.05) is 41.5 Å². The summed E-state index contributed by atoms with van der Waals surface area (Å²) < 4.78 is 26.8. The first kappa shape index (κ1) is 28.6. The van der Waals surface area contributed by atoms with Crippen LogP contribution in [0.25, 0.3) is 0 Å². The summed E-state index contributed by atoms with van der Waals surface area (Å²) >= 11 is 0. The van der Waals surface area contributed by atoms with E-state index >= 15 is 0 Å². The molecule has 0 rings (SSSR count). The fourth-order valence-electron chi connectivity index (χ4n) is 2.17. The Labute approximate surface area is 180 Å². The quantitative estimate of drug-likeness (QED) is 0.309. The molecular weight excluding hydrogens is 394 g/mol. The Balaban J connectivity index is 3.95. The number of hydrogen-bond acceptors (Lipinski definition) is 8. The maximum Gasteiger partial charge on any atom is 0.410 e. The standard InChI is InChI=1S/C21H41NO8/c1-20(2,3)29-18(24)8-7-12-26-16-17-28-14-10-22(9-13-27-15-11-23)19(25)30-21(4,5)6/h23H,7-17H2,1-6H3. The third-order valence-electron chi connectivity index (χ3n) is 3.36. The molecule has 0 aliphatic heterocycles. The number of amides is 1. The first-order valence-electron chi connectivity index (χ1n) is 10.5. The molecule has 9 nitrogen and oxygen atoms in total. The van der Waals surface area contributed by atoms with Crippen molar-refractivity contribution in [3.8, 4) is 0 Å². The van der Waals surface area contributed by atoms with E-state index < -0.39 is 17.3 Å². The zero-order valence-electron chi connectivity index (χ0n) is 19.5. The minimum absolute atomic E-state index is 0.0622. The molecule has 0 aliphatic carbocycles. The largest absolute Gasteiger partial charge is 0.460 e. The second-order valence-electron chi connectivity index (χ2n) is 8.72. The molecule has 0 atom stereocenters. The van der Waals surface area contributed by atoms with Gasteiger partial charge in [0.15, 0.2) is 0 Å². The Morgan fingerprint density at radius 2 is 1.23 bits per heavy atom. The van der Waals surface area contributed by atoms with Gasteiger partial charge in [-0.3, -0.25) is 4.79 Å². The van der Waals surface area contributed by atoms with Crippen molar-refractivity contribution in [3.05, 3.63) is 0 Å². The van der Waals surface area contributed by atoms with Gasteiger partial charge < -0.3 is 33.7 Å². The number of rotatable bonds is 15. The van der Waals surface area contributed by atoms with E-state index in [1.54, 1.807) is 0 Å². The normalized spacial score (nSPS) is 12.0. The number of aliphatic hydroxyl groups excluding tert-OH is 1. The third-order valence-corrected chi connectivity index (χ3v) is 3.36. The molecule has 0 spiro atoms. The number of carbonyl (C=O) groups is 2. The van der Waals surface area contributed by atoms with Crippen LogP contribution in [0.1, 0.15) is 54.4 Å². The lowest BCUT2D eigenvalue weighted by atomic mass is 10.2. The predicted octanol–water partition coefficient (Wildman–Crippen LogP) is 2.39. The molecule has 178 valence electrons. The van der Waals surface area contributed by atoms with Gasteiger partial charge in [0, 0.05) is 26.1 Å². The van der Waals surface area contributed by atoms with Crippen molar-refractivity contribution in [3.63, 3.8) is 0 Å². The molecule has 0 unspecified atom stereocenters. The molecule has 1 amide bonds. The van der Waals surface area contributed by atoms with Gasteiger partial charge in [0.1, 0.15) is 11.2 Å². The molecule has 9 heteroatoms. The summed E-state index contributed by atoms with van der Waals surface area (Å²) in [6.45, 7) is 13.7. The minimum atomic E-state index is -0.588. The first-order chi connectivity index (χ1) is 13.9. The highest BCUT2D eigenvalue weighted by atomic mass is 16.6. The fraction of sp³-hybridized carbons (Fsp3) is 0.905. The Bertz CT molecular complexity index is 471. The van der Waals surface area contributed by atoms with E-state index in [-0.39, 0.29) is 19.2 Å². The Morgan fingerprint density at radius 3 is 1.73 bits per heavy atom. The van der Waals surface area contributed by atoms with Gasteiger partial charge in [-0.15, -0.1) is 0 Å². The highest BCUT2D eigenvalue weighted by Crippen LogP contribution is 2.10. The molecule has 0 bridgehead atoms. The molecule has 1 N–H and O–H groups in total. The van der Waals surface area contributed by atoms with Crippen molar-refractivity contribution in [2.75, 3.05) is 59.3 Å². The van der Waals surface area contributed by atoms with Crippen LogP contribution in [0.2, 0.25) is 0 Å². The number of esters is 1. The van der Waals surface area contributed by atoms with Gasteiger partial charge in [0.25, 0.3) is 0 Å². The van der Waals surface area contributed by atoms with Crippen LogP contribution in [0.3, 0.4) is 0 Å². The van der Waals surface area contributed by atoms with Crippen molar-refractivity contribution < 1.29 is 38.4 Å². The van der Waals surface area contributed by atoms with E-state index in [1.165, 1.54) is 4.90 Å². The van der Waals surface area contributed by atoms with Crippen LogP contribution in [0, 0.1) is 0 Å². The van der Waals surface area contributed by atoms with Crippen molar-refractivity contribution >= 4 is 12.1 Å². The molecule has 0 aliphatic rings. The SMILES string of the molecule is CC(C)(C)OC(=O)CCCOCCOCCN(CCOCCO)C(=O)OC(C)(C)C. The highest BCUT2D eigenvalue weighted by Gasteiger charge is 2.21. The maximum atomic E-state index is 12.3. The molecule has 0 aromatic carbocycles. The van der Waals surface area contributed by atoms with Crippen LogP contribution in [0.15, 0.2) is 0 Å². The second kappa shape index (κ2) is 15.4. The second-order valence-corrected chi connectivity index (χ2v) is 8.72. The topological polar surface area (TPSA) is 104 Å². The molecule has 0 fully saturated rings. The summed E-state index contributed by atoms with van der Waals surface area (Å²) in [7, 11) is 0. The lowest BCUT2D eigenvalue weighted by Crippen LogP contribution is -2.40. The number of carbonyl (C=O) groups excluding carboxylic acids is 2. The summed E-state index contributed by atoms with van der Waals surface area (Å²) in [5, 5.41) is 8.76. The smallest absolute Gasteiger partial charge is 0.410 e. The summed E-state index contributed by atoms with van der Waals surface area (Å²) in [5.41, 5.74) is -1.06. The summed E-state index contributed by atoms with van der Waals surface area (Å²) in [6.07, 6.45) is 0.480. The number of nitrogens with zero attached hydrogens (tertiary/aromatic N) is 1. The first-order valence-corrected chi connectivity index (χ1v) is 10.5. The zero-order chi connectivity index (χ0) is 23.0. The van der Waals surface area contributed by atoms with Gasteiger partial charge in [0.2, 0.25) is 0 Å². The van der Waals surface area contributed by atoms with Crippen LogP contribution in [0.5, 0.6) is 0 Å². The number of aliphatic hydroxyl groups is 1. The molecule has 0 aromatic rings. The Kier molecular flexibility index (Phi) is 14.7. The van der Waals surface area contributed by atoms with Crippen molar-refractivity contribution in [1.29, 1.82) is 0 Å². The predicted molar refractivity (Wildman–Crippen MR) is 112 cm³/mol. The van der Waals surface area contributed by atoms with Crippen LogP contribution in [-0.2, 0) is 28.5 Å². The van der Waals surface area contributed by atoms with Gasteiger partial charge in [-0.1, -0.05) is 0 Å². The van der Waals surface area contributed by atoms with E-state index in [0.29, 0.717) is 59.0 Å². The van der Waals surface area contributed by atoms with Crippen LogP contribution in [0.4, 0.5) is 4.79 Å². The average molecular weight is 436 g/mol. The third kappa shape index (κ3) is 18.6. The van der Waals surface area contributed by atoms with E-state index in [4.69, 9.17) is 28.8 Å². The van der Waals surface area contributed by atoms with Gasteiger partial charge in [-0.05, 0) is 48.0 Å². The van der Waals surface area contributed by atoms with Gasteiger partial charge >= 0.3 is 12.1 Å². The van der Waals surface area contributed by atoms with Crippen LogP contribution >= 0.6 is 0 Å². The molecule has 0 heterocycles. The van der Waals surface area contributed by atoms with Crippen molar-refractivity contribution in [1.82, 2.24) is 4.90 Å². The lowest BCUT2D eigenvalue weighted by molar-refractivity contribution is -0.155. The van der Waals surface area contributed by atoms with Crippen molar-refractivity contribution in [2.45, 2.75) is 65.6 Å². The Morgan fingerprint density at radius 1 is 0.733 bits per heavy atom. The molecule has 0 radical (unpaired) electrons. The van der Waals surface area contributed by atoms with Gasteiger partial charge in [-0.25, -0.2) is 4.79 Å². The molecule has 0 aromatic heterocycles. The van der Waals surface area contributed by atoms with Crippen LogP contribution in [-0.4, -0.2) is 92.6 Å². The molecule has 30 heavy (non-hydrogen) atoms. The van der Waals surface area contributed by atoms with Gasteiger partial charge in [-0.2, -0.15) is 0 Å². The van der Waals surface area contributed by atoms with E-state index in [2.05, 4.69) is 0 Å². The molecule has 0 saturated carbocycles. The maximum absolute atomic E-state index is 12.3. The summed E-state index contributed by atoms with van der Waals surface area (Å²) in [4.78, 5) is 25.4. The van der Waals surface area contributed by atoms with Crippen molar-refractivity contribution in [2.24, 2.45) is 0 Å². The molecule has 0 saturated heterocycles. The van der Waals surface area contributed by atoms with E-state index in [9.17, 15) is 9.59 Å². The number of hydrogen-bond donors (Lipinski definition) is 1. The van der Waals surface area contributed by atoms with Gasteiger partial charge in [0.05, 0.1) is 39.6 Å². The Hall–Kier alpha value is -1.42. The average Bonchev–Trinajstić information content (AvgIpc) is 2.58. The zero-order valence-corrected chi connectivity index (χ0v) is 19.5. The van der Waals surface area contributed by atoms with E-state index in [0.717, 1.165) is 0 Å². The number of ether oxygens (including phenoxy) is 5.